The van der Waals surface area contributed by atoms with Crippen LogP contribution in [0.3, 0.4) is 0 Å². The van der Waals surface area contributed by atoms with E-state index in [0.29, 0.717) is 0 Å². The average Bonchev–Trinajstić information content (AvgIpc) is 2.17. The van der Waals surface area contributed by atoms with E-state index in [0.717, 1.165) is 12.1 Å². The third-order valence-electron chi connectivity index (χ3n) is 1.67. The zero-order chi connectivity index (χ0) is 11.6. The van der Waals surface area contributed by atoms with Crippen LogP contribution in [0.15, 0.2) is 23.1 Å². The van der Waals surface area contributed by atoms with Crippen molar-refractivity contribution >= 4 is 16.0 Å². The SMILES string of the molecule is NNS(=O)(=O)c1cccc(C(=O)O)c1O. The van der Waals surface area contributed by atoms with Crippen molar-refractivity contribution in [3.63, 3.8) is 0 Å². The molecule has 0 saturated heterocycles. The first-order valence-electron chi connectivity index (χ1n) is 3.68. The fraction of sp³-hybridized carbons (Fsp3) is 0. The number of aromatic hydroxyl groups is 1. The van der Waals surface area contributed by atoms with Gasteiger partial charge in [-0.15, -0.1) is 4.83 Å². The van der Waals surface area contributed by atoms with Gasteiger partial charge in [-0.1, -0.05) is 6.07 Å². The first-order chi connectivity index (χ1) is 6.90. The highest BCUT2D eigenvalue weighted by Gasteiger charge is 2.21. The van der Waals surface area contributed by atoms with Gasteiger partial charge in [0, 0.05) is 0 Å². The summed E-state index contributed by atoms with van der Waals surface area (Å²) in [6.07, 6.45) is 0. The molecule has 0 amide bonds. The van der Waals surface area contributed by atoms with Gasteiger partial charge >= 0.3 is 5.97 Å². The number of para-hydroxylation sites is 1. The van der Waals surface area contributed by atoms with Crippen molar-refractivity contribution in [2.45, 2.75) is 4.90 Å². The Labute approximate surface area is 85.2 Å². The lowest BCUT2D eigenvalue weighted by Crippen LogP contribution is -2.30. The minimum atomic E-state index is -4.07. The van der Waals surface area contributed by atoms with Crippen molar-refractivity contribution in [1.82, 2.24) is 4.83 Å². The van der Waals surface area contributed by atoms with E-state index in [2.05, 4.69) is 0 Å². The zero-order valence-electron chi connectivity index (χ0n) is 7.34. The Morgan fingerprint density at radius 2 is 2.00 bits per heavy atom. The summed E-state index contributed by atoms with van der Waals surface area (Å²) in [6.45, 7) is 0. The van der Waals surface area contributed by atoms with E-state index in [1.807, 2.05) is 0 Å². The molecule has 0 aliphatic carbocycles. The number of hydrogen-bond acceptors (Lipinski definition) is 5. The lowest BCUT2D eigenvalue weighted by molar-refractivity contribution is 0.0693. The van der Waals surface area contributed by atoms with Crippen molar-refractivity contribution in [3.8, 4) is 5.75 Å². The van der Waals surface area contributed by atoms with Crippen LogP contribution in [0.25, 0.3) is 0 Å². The van der Waals surface area contributed by atoms with E-state index in [1.165, 1.54) is 10.9 Å². The van der Waals surface area contributed by atoms with Gasteiger partial charge in [0.05, 0.1) is 0 Å². The van der Waals surface area contributed by atoms with E-state index in [4.69, 9.17) is 10.9 Å². The summed E-state index contributed by atoms with van der Waals surface area (Å²) >= 11 is 0. The molecule has 8 heteroatoms. The summed E-state index contributed by atoms with van der Waals surface area (Å²) in [5, 5.41) is 18.0. The quantitative estimate of drug-likeness (QED) is 0.400. The standard InChI is InChI=1S/C7H8N2O5S/c8-9-15(13,14)5-3-1-2-4(6(5)10)7(11)12/h1-3,9-10H,8H2,(H,11,12). The van der Waals surface area contributed by atoms with Gasteiger partial charge in [0.25, 0.3) is 10.0 Å². The average molecular weight is 232 g/mol. The van der Waals surface area contributed by atoms with Crippen molar-refractivity contribution in [1.29, 1.82) is 0 Å². The summed E-state index contributed by atoms with van der Waals surface area (Å²) in [4.78, 5) is 11.5. The number of carboxylic acid groups (broad SMARTS) is 1. The number of hydrogen-bond donors (Lipinski definition) is 4. The first kappa shape index (κ1) is 11.4. The molecule has 5 N–H and O–H groups in total. The fourth-order valence-corrected chi connectivity index (χ4v) is 1.72. The van der Waals surface area contributed by atoms with Crippen molar-refractivity contribution in [3.05, 3.63) is 23.8 Å². The molecular formula is C7H8N2O5S. The summed E-state index contributed by atoms with van der Waals surface area (Å²) in [7, 11) is -4.07. The maximum Gasteiger partial charge on any atom is 0.339 e. The largest absolute Gasteiger partial charge is 0.506 e. The van der Waals surface area contributed by atoms with Crippen LogP contribution in [0.2, 0.25) is 0 Å². The van der Waals surface area contributed by atoms with Crippen LogP contribution in [-0.2, 0) is 10.0 Å². The molecule has 82 valence electrons. The number of benzene rings is 1. The second kappa shape index (κ2) is 3.85. The molecular weight excluding hydrogens is 224 g/mol. The number of hydrazine groups is 1. The summed E-state index contributed by atoms with van der Waals surface area (Å²) in [5.74, 6) is 2.46. The Kier molecular flexibility index (Phi) is 2.93. The van der Waals surface area contributed by atoms with Gasteiger partial charge in [0.15, 0.2) is 0 Å². The van der Waals surface area contributed by atoms with Crippen molar-refractivity contribution < 1.29 is 23.4 Å². The van der Waals surface area contributed by atoms with Gasteiger partial charge in [-0.05, 0) is 12.1 Å². The van der Waals surface area contributed by atoms with Gasteiger partial charge in [0.1, 0.15) is 16.2 Å². The molecule has 0 saturated carbocycles. The molecule has 1 aromatic rings. The summed E-state index contributed by atoms with van der Waals surface area (Å²) in [6, 6.07) is 3.30. The predicted molar refractivity (Wildman–Crippen MR) is 49.6 cm³/mol. The van der Waals surface area contributed by atoms with E-state index < -0.39 is 32.2 Å². The maximum atomic E-state index is 11.2. The minimum Gasteiger partial charge on any atom is -0.506 e. The van der Waals surface area contributed by atoms with Crippen LogP contribution < -0.4 is 10.7 Å². The van der Waals surface area contributed by atoms with Crippen LogP contribution in [-0.4, -0.2) is 24.6 Å². The Balaban J connectivity index is 3.47. The molecule has 15 heavy (non-hydrogen) atoms. The van der Waals surface area contributed by atoms with Gasteiger partial charge in [-0.3, -0.25) is 5.84 Å². The first-order valence-corrected chi connectivity index (χ1v) is 5.16. The number of carbonyl (C=O) groups is 1. The van der Waals surface area contributed by atoms with Crippen LogP contribution in [0.5, 0.6) is 5.75 Å². The van der Waals surface area contributed by atoms with Crippen LogP contribution >= 0.6 is 0 Å². The van der Waals surface area contributed by atoms with E-state index in [-0.39, 0.29) is 0 Å². The third-order valence-corrected chi connectivity index (χ3v) is 2.89. The number of aromatic carboxylic acids is 1. The highest BCUT2D eigenvalue weighted by Crippen LogP contribution is 2.25. The molecule has 0 aliphatic heterocycles. The molecule has 0 heterocycles. The summed E-state index contributed by atoms with van der Waals surface area (Å²) < 4.78 is 22.4. The predicted octanol–water partition coefficient (Wildman–Crippen LogP) is -0.758. The summed E-state index contributed by atoms with van der Waals surface area (Å²) in [5.41, 5.74) is -0.508. The number of rotatable bonds is 3. The van der Waals surface area contributed by atoms with E-state index in [1.54, 1.807) is 0 Å². The lowest BCUT2D eigenvalue weighted by Gasteiger charge is -2.06. The maximum absolute atomic E-state index is 11.2. The second-order valence-corrected chi connectivity index (χ2v) is 4.26. The monoisotopic (exact) mass is 232 g/mol. The molecule has 7 nitrogen and oxygen atoms in total. The second-order valence-electron chi connectivity index (χ2n) is 2.58. The molecule has 0 spiro atoms. The van der Waals surface area contributed by atoms with Crippen LogP contribution in [0.4, 0.5) is 0 Å². The highest BCUT2D eigenvalue weighted by molar-refractivity contribution is 7.89. The Hall–Kier alpha value is -1.64. The number of carboxylic acids is 1. The number of sulfonamides is 1. The highest BCUT2D eigenvalue weighted by atomic mass is 32.2. The van der Waals surface area contributed by atoms with Crippen molar-refractivity contribution in [2.24, 2.45) is 5.84 Å². The number of nitrogens with one attached hydrogen (secondary N) is 1. The molecule has 0 aromatic heterocycles. The zero-order valence-corrected chi connectivity index (χ0v) is 8.15. The van der Waals surface area contributed by atoms with Gasteiger partial charge < -0.3 is 10.2 Å². The van der Waals surface area contributed by atoms with Gasteiger partial charge in [-0.25, -0.2) is 13.2 Å². The van der Waals surface area contributed by atoms with E-state index >= 15 is 0 Å². The number of phenols is 1. The molecule has 0 aliphatic rings. The molecule has 0 bridgehead atoms. The molecule has 0 radical (unpaired) electrons. The lowest BCUT2D eigenvalue weighted by atomic mass is 10.2. The smallest absolute Gasteiger partial charge is 0.339 e. The molecule has 0 atom stereocenters. The molecule has 0 fully saturated rings. The fourth-order valence-electron chi connectivity index (χ4n) is 0.975. The molecule has 1 aromatic carbocycles. The molecule has 0 unspecified atom stereocenters. The Morgan fingerprint density at radius 1 is 1.40 bits per heavy atom. The molecule has 1 rings (SSSR count). The number of nitrogens with two attached hydrogens (primary N) is 1. The third kappa shape index (κ3) is 2.06. The van der Waals surface area contributed by atoms with Gasteiger partial charge in [-0.2, -0.15) is 0 Å². The topological polar surface area (TPSA) is 130 Å². The van der Waals surface area contributed by atoms with Crippen LogP contribution in [0, 0.1) is 0 Å². The van der Waals surface area contributed by atoms with Gasteiger partial charge in [0.2, 0.25) is 0 Å². The Bertz CT molecular complexity index is 496. The minimum absolute atomic E-state index is 0.508. The van der Waals surface area contributed by atoms with Crippen LogP contribution in [0.1, 0.15) is 10.4 Å². The normalized spacial score (nSPS) is 11.3. The van der Waals surface area contributed by atoms with Crippen molar-refractivity contribution in [2.75, 3.05) is 0 Å². The van der Waals surface area contributed by atoms with E-state index in [9.17, 15) is 18.3 Å². The Morgan fingerprint density at radius 3 is 2.47 bits per heavy atom.